The predicted molar refractivity (Wildman–Crippen MR) is 64.7 cm³/mol. The van der Waals surface area contributed by atoms with Gasteiger partial charge >= 0.3 is 6.18 Å². The molecule has 0 saturated carbocycles. The number of rotatable bonds is 6. The highest BCUT2D eigenvalue weighted by atomic mass is 19.4. The first-order valence-electron chi connectivity index (χ1n) is 5.82. The van der Waals surface area contributed by atoms with Crippen molar-refractivity contribution >= 4 is 11.0 Å². The maximum Gasteiger partial charge on any atom is 0.411 e. The summed E-state index contributed by atoms with van der Waals surface area (Å²) in [5.41, 5.74) is 1.83. The minimum absolute atomic E-state index is 0.0279. The van der Waals surface area contributed by atoms with Crippen LogP contribution in [0.25, 0.3) is 11.0 Å². The van der Waals surface area contributed by atoms with E-state index in [4.69, 9.17) is 0 Å². The topological polar surface area (TPSA) is 49.9 Å². The van der Waals surface area contributed by atoms with Gasteiger partial charge in [-0.3, -0.25) is 0 Å². The maximum absolute atomic E-state index is 11.8. The van der Waals surface area contributed by atoms with Crippen molar-refractivity contribution in [3.8, 4) is 0 Å². The summed E-state index contributed by atoms with van der Waals surface area (Å²) in [7, 11) is 0. The number of ether oxygens (including phenoxy) is 1. The first-order chi connectivity index (χ1) is 9.06. The number of H-pyrrole nitrogens is 1. The Morgan fingerprint density at radius 1 is 1.37 bits per heavy atom. The summed E-state index contributed by atoms with van der Waals surface area (Å²) in [4.78, 5) is 7.18. The largest absolute Gasteiger partial charge is 0.411 e. The number of aromatic amines is 1. The van der Waals surface area contributed by atoms with Crippen molar-refractivity contribution in [3.05, 3.63) is 30.1 Å². The fraction of sp³-hybridized carbons (Fsp3) is 0.417. The first kappa shape index (κ1) is 13.8. The van der Waals surface area contributed by atoms with Crippen LogP contribution in [0.4, 0.5) is 13.2 Å². The van der Waals surface area contributed by atoms with Gasteiger partial charge in [-0.05, 0) is 17.7 Å². The molecule has 2 rings (SSSR count). The summed E-state index contributed by atoms with van der Waals surface area (Å²) in [6.45, 7) is -0.254. The van der Waals surface area contributed by atoms with Gasteiger partial charge in [-0.15, -0.1) is 0 Å². The highest BCUT2D eigenvalue weighted by molar-refractivity contribution is 5.79. The van der Waals surface area contributed by atoms with Crippen molar-refractivity contribution < 1.29 is 17.9 Å². The molecule has 0 aliphatic heterocycles. The molecule has 0 aliphatic rings. The molecule has 0 aromatic carbocycles. The van der Waals surface area contributed by atoms with Crippen LogP contribution in [0.3, 0.4) is 0 Å². The second-order valence-electron chi connectivity index (χ2n) is 4.06. The number of hydrogen-bond donors (Lipinski definition) is 2. The molecule has 2 N–H and O–H groups in total. The zero-order valence-corrected chi connectivity index (χ0v) is 10.1. The Morgan fingerprint density at radius 2 is 2.21 bits per heavy atom. The van der Waals surface area contributed by atoms with E-state index in [-0.39, 0.29) is 6.61 Å². The van der Waals surface area contributed by atoms with Gasteiger partial charge in [0.15, 0.2) is 0 Å². The molecule has 0 bridgehead atoms. The molecule has 0 fully saturated rings. The Balaban J connectivity index is 1.71. The molecule has 0 unspecified atom stereocenters. The van der Waals surface area contributed by atoms with E-state index in [0.717, 1.165) is 16.6 Å². The van der Waals surface area contributed by atoms with Gasteiger partial charge in [-0.25, -0.2) is 4.98 Å². The summed E-state index contributed by atoms with van der Waals surface area (Å²) in [5, 5.41) is 4.03. The average molecular weight is 273 g/mol. The van der Waals surface area contributed by atoms with Crippen molar-refractivity contribution in [3.63, 3.8) is 0 Å². The third-order valence-corrected chi connectivity index (χ3v) is 2.54. The highest BCUT2D eigenvalue weighted by Crippen LogP contribution is 2.15. The van der Waals surface area contributed by atoms with E-state index < -0.39 is 12.8 Å². The third kappa shape index (κ3) is 4.22. The van der Waals surface area contributed by atoms with Gasteiger partial charge in [0.2, 0.25) is 0 Å². The lowest BCUT2D eigenvalue weighted by atomic mass is 10.2. The standard InChI is InChI=1S/C12H14F3N3O/c13-12(14,15)8-19-5-4-16-6-9-7-18-11-10(9)2-1-3-17-11/h1-3,7,16H,4-6,8H2,(H,17,18). The van der Waals surface area contributed by atoms with Crippen LogP contribution in [0, 0.1) is 0 Å². The van der Waals surface area contributed by atoms with Gasteiger partial charge in [0.1, 0.15) is 12.3 Å². The lowest BCUT2D eigenvalue weighted by Gasteiger charge is -2.08. The molecule has 4 nitrogen and oxygen atoms in total. The number of hydrogen-bond acceptors (Lipinski definition) is 3. The minimum atomic E-state index is -4.26. The van der Waals surface area contributed by atoms with Crippen LogP contribution >= 0.6 is 0 Å². The molecule has 0 atom stereocenters. The van der Waals surface area contributed by atoms with E-state index >= 15 is 0 Å². The van der Waals surface area contributed by atoms with Gasteiger partial charge in [-0.1, -0.05) is 0 Å². The molecule has 19 heavy (non-hydrogen) atoms. The summed E-state index contributed by atoms with van der Waals surface area (Å²) in [5.74, 6) is 0. The van der Waals surface area contributed by atoms with Crippen LogP contribution in [0.1, 0.15) is 5.56 Å². The van der Waals surface area contributed by atoms with E-state index in [2.05, 4.69) is 20.0 Å². The van der Waals surface area contributed by atoms with Gasteiger partial charge in [0, 0.05) is 30.9 Å². The fourth-order valence-corrected chi connectivity index (χ4v) is 1.71. The molecule has 7 heteroatoms. The van der Waals surface area contributed by atoms with E-state index in [0.29, 0.717) is 13.1 Å². The van der Waals surface area contributed by atoms with Gasteiger partial charge in [-0.2, -0.15) is 13.2 Å². The highest BCUT2D eigenvalue weighted by Gasteiger charge is 2.27. The maximum atomic E-state index is 11.8. The van der Waals surface area contributed by atoms with E-state index in [1.807, 2.05) is 18.3 Å². The molecule has 0 spiro atoms. The number of alkyl halides is 3. The summed E-state index contributed by atoms with van der Waals surface area (Å²) >= 11 is 0. The van der Waals surface area contributed by atoms with Crippen molar-refractivity contribution in [2.45, 2.75) is 12.7 Å². The van der Waals surface area contributed by atoms with Crippen molar-refractivity contribution in [2.24, 2.45) is 0 Å². The van der Waals surface area contributed by atoms with Crippen LogP contribution in [0.15, 0.2) is 24.5 Å². The van der Waals surface area contributed by atoms with Crippen LogP contribution in [-0.2, 0) is 11.3 Å². The fourth-order valence-electron chi connectivity index (χ4n) is 1.71. The molecule has 2 aromatic rings. The Bertz CT molecular complexity index is 524. The Kier molecular flexibility index (Phi) is 4.39. The Hall–Kier alpha value is -1.60. The lowest BCUT2D eigenvalue weighted by Crippen LogP contribution is -2.23. The molecular formula is C12H14F3N3O. The normalized spacial score (nSPS) is 12.2. The van der Waals surface area contributed by atoms with Crippen LogP contribution in [0.2, 0.25) is 0 Å². The average Bonchev–Trinajstić information content (AvgIpc) is 2.76. The van der Waals surface area contributed by atoms with Crippen LogP contribution < -0.4 is 5.32 Å². The SMILES string of the molecule is FC(F)(F)COCCNCc1c[nH]c2ncccc12. The van der Waals surface area contributed by atoms with Gasteiger partial charge in [0.05, 0.1) is 6.61 Å². The summed E-state index contributed by atoms with van der Waals surface area (Å²) in [6.07, 6.45) is -0.731. The molecule has 0 amide bonds. The van der Waals surface area contributed by atoms with E-state index in [1.165, 1.54) is 0 Å². The van der Waals surface area contributed by atoms with Crippen molar-refractivity contribution in [1.82, 2.24) is 15.3 Å². The zero-order valence-electron chi connectivity index (χ0n) is 10.1. The molecule has 2 heterocycles. The third-order valence-electron chi connectivity index (χ3n) is 2.54. The molecular weight excluding hydrogens is 259 g/mol. The number of nitrogens with one attached hydrogen (secondary N) is 2. The lowest BCUT2D eigenvalue weighted by molar-refractivity contribution is -0.173. The van der Waals surface area contributed by atoms with E-state index in [1.54, 1.807) is 6.20 Å². The number of fused-ring (bicyclic) bond motifs is 1. The van der Waals surface area contributed by atoms with E-state index in [9.17, 15) is 13.2 Å². The molecule has 0 aliphatic carbocycles. The van der Waals surface area contributed by atoms with Crippen LogP contribution in [-0.4, -0.2) is 35.9 Å². The number of pyridine rings is 1. The van der Waals surface area contributed by atoms with Gasteiger partial charge in [0.25, 0.3) is 0 Å². The monoisotopic (exact) mass is 273 g/mol. The number of aromatic nitrogens is 2. The molecule has 104 valence electrons. The quantitative estimate of drug-likeness (QED) is 0.793. The summed E-state index contributed by atoms with van der Waals surface area (Å²) in [6, 6.07) is 3.78. The molecule has 0 saturated heterocycles. The van der Waals surface area contributed by atoms with Gasteiger partial charge < -0.3 is 15.0 Å². The van der Waals surface area contributed by atoms with Crippen molar-refractivity contribution in [2.75, 3.05) is 19.8 Å². The zero-order chi connectivity index (χ0) is 13.7. The number of halogens is 3. The second-order valence-corrected chi connectivity index (χ2v) is 4.06. The number of nitrogens with zero attached hydrogens (tertiary/aromatic N) is 1. The predicted octanol–water partition coefficient (Wildman–Crippen LogP) is 2.23. The van der Waals surface area contributed by atoms with Crippen LogP contribution in [0.5, 0.6) is 0 Å². The molecule has 0 radical (unpaired) electrons. The minimum Gasteiger partial charge on any atom is -0.371 e. The molecule has 2 aromatic heterocycles. The Morgan fingerprint density at radius 3 is 3.00 bits per heavy atom. The first-order valence-corrected chi connectivity index (χ1v) is 5.82. The van der Waals surface area contributed by atoms with Crippen molar-refractivity contribution in [1.29, 1.82) is 0 Å². The Labute approximate surface area is 108 Å². The second kappa shape index (κ2) is 6.03. The summed E-state index contributed by atoms with van der Waals surface area (Å²) < 4.78 is 39.9. The smallest absolute Gasteiger partial charge is 0.371 e.